The third-order valence-electron chi connectivity index (χ3n) is 4.97. The van der Waals surface area contributed by atoms with Gasteiger partial charge in [-0.1, -0.05) is 0 Å². The fourth-order valence-electron chi connectivity index (χ4n) is 4.02. The summed E-state index contributed by atoms with van der Waals surface area (Å²) in [6.07, 6.45) is 6.33. The molecule has 2 heterocycles. The second kappa shape index (κ2) is 7.21. The van der Waals surface area contributed by atoms with Gasteiger partial charge in [-0.15, -0.1) is 0 Å². The molecule has 142 valence electrons. The minimum absolute atomic E-state index is 0.0866. The zero-order chi connectivity index (χ0) is 18.9. The van der Waals surface area contributed by atoms with Gasteiger partial charge >= 0.3 is 11.7 Å². The number of piperidine rings is 1. The van der Waals surface area contributed by atoms with Crippen LogP contribution in [0.1, 0.15) is 57.7 Å². The van der Waals surface area contributed by atoms with Crippen molar-refractivity contribution in [2.75, 3.05) is 18.0 Å². The van der Waals surface area contributed by atoms with Gasteiger partial charge < -0.3 is 9.64 Å². The molecule has 0 saturated carbocycles. The van der Waals surface area contributed by atoms with Crippen molar-refractivity contribution < 1.29 is 14.5 Å². The number of aromatic nitrogens is 1. The predicted molar refractivity (Wildman–Crippen MR) is 98.3 cm³/mol. The molecule has 7 nitrogen and oxygen atoms in total. The molecule has 7 heteroatoms. The maximum atomic E-state index is 12.2. The molecule has 1 aromatic heterocycles. The maximum absolute atomic E-state index is 12.2. The van der Waals surface area contributed by atoms with E-state index in [1.54, 1.807) is 0 Å². The number of carbonyl (C=O) groups is 1. The number of esters is 1. The van der Waals surface area contributed by atoms with Gasteiger partial charge in [0.15, 0.2) is 0 Å². The molecule has 0 N–H and O–H groups in total. The van der Waals surface area contributed by atoms with E-state index < -0.39 is 5.60 Å². The number of rotatable bonds is 4. The van der Waals surface area contributed by atoms with Gasteiger partial charge in [0.25, 0.3) is 0 Å². The highest BCUT2D eigenvalue weighted by Gasteiger charge is 2.32. The average molecular weight is 361 g/mol. The van der Waals surface area contributed by atoms with Crippen LogP contribution in [0.15, 0.2) is 6.20 Å². The Hall–Kier alpha value is -2.18. The predicted octanol–water partition coefficient (Wildman–Crippen LogP) is 3.43. The third-order valence-corrected chi connectivity index (χ3v) is 4.97. The maximum Gasteiger partial charge on any atom is 0.310 e. The molecule has 1 fully saturated rings. The van der Waals surface area contributed by atoms with Crippen LogP contribution in [0.5, 0.6) is 0 Å². The van der Waals surface area contributed by atoms with E-state index in [0.717, 1.165) is 55.6 Å². The lowest BCUT2D eigenvalue weighted by Crippen LogP contribution is -2.38. The summed E-state index contributed by atoms with van der Waals surface area (Å²) in [5.74, 6) is -0.0396. The van der Waals surface area contributed by atoms with Gasteiger partial charge in [-0.05, 0) is 58.8 Å². The number of carbonyl (C=O) groups excluding carboxylic acids is 1. The SMILES string of the molecule is CC(C)(C)OC(=O)C[C@H]1CCCN(c2c([N+](=O)[O-])cnc3c2CCC3)C1. The van der Waals surface area contributed by atoms with E-state index in [0.29, 0.717) is 13.0 Å². The molecule has 0 spiro atoms. The monoisotopic (exact) mass is 361 g/mol. The van der Waals surface area contributed by atoms with Crippen LogP contribution in [0.4, 0.5) is 11.4 Å². The summed E-state index contributed by atoms with van der Waals surface area (Å²) in [4.78, 5) is 29.8. The minimum atomic E-state index is -0.490. The van der Waals surface area contributed by atoms with Crippen LogP contribution in [0.2, 0.25) is 0 Å². The zero-order valence-corrected chi connectivity index (χ0v) is 15.8. The third kappa shape index (κ3) is 4.14. The average Bonchev–Trinajstić information content (AvgIpc) is 3.00. The van der Waals surface area contributed by atoms with Crippen LogP contribution in [-0.4, -0.2) is 34.6 Å². The fourth-order valence-corrected chi connectivity index (χ4v) is 4.02. The van der Waals surface area contributed by atoms with Crippen LogP contribution < -0.4 is 4.90 Å². The molecule has 26 heavy (non-hydrogen) atoms. The van der Waals surface area contributed by atoms with Gasteiger partial charge in [0.05, 0.1) is 11.3 Å². The summed E-state index contributed by atoms with van der Waals surface area (Å²) >= 11 is 0. The molecule has 0 amide bonds. The van der Waals surface area contributed by atoms with Gasteiger partial charge in [0, 0.05) is 24.3 Å². The molecular formula is C19H27N3O4. The van der Waals surface area contributed by atoms with E-state index in [4.69, 9.17) is 4.74 Å². The summed E-state index contributed by atoms with van der Waals surface area (Å²) in [6, 6.07) is 0. The number of pyridine rings is 1. The Morgan fingerprint density at radius 3 is 2.85 bits per heavy atom. The number of fused-ring (bicyclic) bond motifs is 1. The van der Waals surface area contributed by atoms with Crippen molar-refractivity contribution in [1.82, 2.24) is 4.98 Å². The zero-order valence-electron chi connectivity index (χ0n) is 15.8. The quantitative estimate of drug-likeness (QED) is 0.464. The minimum Gasteiger partial charge on any atom is -0.460 e. The molecule has 1 aromatic rings. The Morgan fingerprint density at radius 2 is 2.15 bits per heavy atom. The Labute approximate surface area is 153 Å². The van der Waals surface area contributed by atoms with E-state index >= 15 is 0 Å². The molecule has 0 radical (unpaired) electrons. The lowest BCUT2D eigenvalue weighted by Gasteiger charge is -2.35. The molecule has 1 aliphatic heterocycles. The molecule has 3 rings (SSSR count). The summed E-state index contributed by atoms with van der Waals surface area (Å²) in [5, 5.41) is 11.5. The number of anilines is 1. The first kappa shape index (κ1) is 18.6. The van der Waals surface area contributed by atoms with Crippen molar-refractivity contribution in [3.05, 3.63) is 27.6 Å². The summed E-state index contributed by atoms with van der Waals surface area (Å²) in [6.45, 7) is 7.02. The summed E-state index contributed by atoms with van der Waals surface area (Å²) in [7, 11) is 0. The second-order valence-corrected chi connectivity index (χ2v) is 8.27. The summed E-state index contributed by atoms with van der Waals surface area (Å²) < 4.78 is 5.44. The number of nitro groups is 1. The first-order valence-corrected chi connectivity index (χ1v) is 9.36. The van der Waals surface area contributed by atoms with E-state index in [1.165, 1.54) is 6.20 Å². The number of aryl methyl sites for hydroxylation is 1. The highest BCUT2D eigenvalue weighted by atomic mass is 16.6. The van der Waals surface area contributed by atoms with Crippen molar-refractivity contribution >= 4 is 17.3 Å². The molecule has 0 bridgehead atoms. The van der Waals surface area contributed by atoms with E-state index in [9.17, 15) is 14.9 Å². The Morgan fingerprint density at radius 1 is 1.38 bits per heavy atom. The summed E-state index contributed by atoms with van der Waals surface area (Å²) in [5.41, 5.74) is 2.34. The van der Waals surface area contributed by atoms with Gasteiger partial charge in [0.1, 0.15) is 17.5 Å². The lowest BCUT2D eigenvalue weighted by atomic mass is 9.93. The van der Waals surface area contributed by atoms with Crippen molar-refractivity contribution in [3.8, 4) is 0 Å². The normalized spacial score (nSPS) is 20.0. The first-order chi connectivity index (χ1) is 12.2. The van der Waals surface area contributed by atoms with Crippen molar-refractivity contribution in [3.63, 3.8) is 0 Å². The largest absolute Gasteiger partial charge is 0.460 e. The van der Waals surface area contributed by atoms with Gasteiger partial charge in [0.2, 0.25) is 0 Å². The number of hydrogen-bond donors (Lipinski definition) is 0. The molecule has 1 aliphatic carbocycles. The Bertz CT molecular complexity index is 711. The highest BCUT2D eigenvalue weighted by Crippen LogP contribution is 2.39. The molecular weight excluding hydrogens is 334 g/mol. The van der Waals surface area contributed by atoms with Gasteiger partial charge in [-0.25, -0.2) is 0 Å². The van der Waals surface area contributed by atoms with Crippen molar-refractivity contribution in [1.29, 1.82) is 0 Å². The smallest absolute Gasteiger partial charge is 0.310 e. The standard InChI is InChI=1S/C19H27N3O4/c1-19(2,3)26-17(23)10-13-6-5-9-21(12-13)18-14-7-4-8-15(14)20-11-16(18)22(24)25/h11,13H,4-10,12H2,1-3H3/t13-/m1/s1. The molecule has 1 saturated heterocycles. The van der Waals surface area contributed by atoms with E-state index in [2.05, 4.69) is 9.88 Å². The molecule has 1 atom stereocenters. The van der Waals surface area contributed by atoms with Crippen LogP contribution in [0.3, 0.4) is 0 Å². The van der Waals surface area contributed by atoms with Crippen LogP contribution in [0, 0.1) is 16.0 Å². The van der Waals surface area contributed by atoms with Gasteiger partial charge in [-0.3, -0.25) is 19.9 Å². The Balaban J connectivity index is 1.79. The lowest BCUT2D eigenvalue weighted by molar-refractivity contribution is -0.384. The number of hydrogen-bond acceptors (Lipinski definition) is 6. The van der Waals surface area contributed by atoms with Crippen molar-refractivity contribution in [2.45, 2.75) is 64.9 Å². The number of ether oxygens (including phenoxy) is 1. The van der Waals surface area contributed by atoms with Crippen LogP contribution in [-0.2, 0) is 22.4 Å². The number of nitrogens with zero attached hydrogens (tertiary/aromatic N) is 3. The topological polar surface area (TPSA) is 85.6 Å². The van der Waals surface area contributed by atoms with E-state index in [-0.39, 0.29) is 22.5 Å². The van der Waals surface area contributed by atoms with Crippen molar-refractivity contribution in [2.24, 2.45) is 5.92 Å². The van der Waals surface area contributed by atoms with Gasteiger partial charge in [-0.2, -0.15) is 0 Å². The molecule has 2 aliphatic rings. The molecule has 0 unspecified atom stereocenters. The van der Waals surface area contributed by atoms with E-state index in [1.807, 2.05) is 20.8 Å². The van der Waals surface area contributed by atoms with Crippen LogP contribution in [0.25, 0.3) is 0 Å². The highest BCUT2D eigenvalue weighted by molar-refractivity contribution is 5.71. The Kier molecular flexibility index (Phi) is 5.16. The fraction of sp³-hybridized carbons (Fsp3) is 0.684. The second-order valence-electron chi connectivity index (χ2n) is 8.27. The molecule has 0 aromatic carbocycles. The first-order valence-electron chi connectivity index (χ1n) is 9.36. The van der Waals surface area contributed by atoms with Crippen LogP contribution >= 0.6 is 0 Å².